The van der Waals surface area contributed by atoms with Crippen LogP contribution in [-0.2, 0) is 4.79 Å². The highest BCUT2D eigenvalue weighted by atomic mass is 19.1. The molecule has 2 N–H and O–H groups in total. The van der Waals surface area contributed by atoms with E-state index in [1.807, 2.05) is 13.8 Å². The lowest BCUT2D eigenvalue weighted by Gasteiger charge is -2.15. The van der Waals surface area contributed by atoms with Gasteiger partial charge >= 0.3 is 0 Å². The molecule has 3 nitrogen and oxygen atoms in total. The van der Waals surface area contributed by atoms with Crippen molar-refractivity contribution in [3.63, 3.8) is 0 Å². The van der Waals surface area contributed by atoms with Gasteiger partial charge in [-0.3, -0.25) is 4.79 Å². The molecular formula is C9H17FN2O. The van der Waals surface area contributed by atoms with Gasteiger partial charge in [0.2, 0.25) is 5.91 Å². The first-order chi connectivity index (χ1) is 6.13. The average molecular weight is 188 g/mol. The summed E-state index contributed by atoms with van der Waals surface area (Å²) < 4.78 is 12.7. The molecule has 3 atom stereocenters. The van der Waals surface area contributed by atoms with Crippen molar-refractivity contribution in [1.82, 2.24) is 10.6 Å². The first-order valence-corrected chi connectivity index (χ1v) is 4.81. The number of carbonyl (C=O) groups excluding carboxylic acids is 1. The Bertz CT molecular complexity index is 186. The predicted molar refractivity (Wildman–Crippen MR) is 49.2 cm³/mol. The number of rotatable bonds is 3. The topological polar surface area (TPSA) is 41.1 Å². The van der Waals surface area contributed by atoms with Crippen LogP contribution in [-0.4, -0.2) is 30.7 Å². The van der Waals surface area contributed by atoms with Crippen LogP contribution in [0.25, 0.3) is 0 Å². The molecule has 0 aromatic carbocycles. The van der Waals surface area contributed by atoms with Crippen LogP contribution < -0.4 is 10.6 Å². The molecule has 1 fully saturated rings. The minimum Gasteiger partial charge on any atom is -0.352 e. The van der Waals surface area contributed by atoms with Crippen molar-refractivity contribution in [3.05, 3.63) is 0 Å². The largest absolute Gasteiger partial charge is 0.352 e. The smallest absolute Gasteiger partial charge is 0.237 e. The number of halogens is 1. The highest BCUT2D eigenvalue weighted by molar-refractivity contribution is 5.82. The fraction of sp³-hybridized carbons (Fsp3) is 0.889. The van der Waals surface area contributed by atoms with Crippen LogP contribution in [0, 0.1) is 0 Å². The van der Waals surface area contributed by atoms with Crippen molar-refractivity contribution in [2.75, 3.05) is 6.54 Å². The van der Waals surface area contributed by atoms with E-state index >= 15 is 0 Å². The van der Waals surface area contributed by atoms with Crippen molar-refractivity contribution in [2.45, 2.75) is 44.9 Å². The van der Waals surface area contributed by atoms with E-state index in [0.29, 0.717) is 13.0 Å². The van der Waals surface area contributed by atoms with Crippen LogP contribution in [0.15, 0.2) is 0 Å². The minimum absolute atomic E-state index is 0.0745. The second-order valence-electron chi connectivity index (χ2n) is 3.61. The molecule has 13 heavy (non-hydrogen) atoms. The molecular weight excluding hydrogens is 171 g/mol. The maximum absolute atomic E-state index is 12.7. The zero-order valence-corrected chi connectivity index (χ0v) is 8.14. The molecule has 0 aromatic rings. The highest BCUT2D eigenvalue weighted by Gasteiger charge is 2.29. The molecule has 1 unspecified atom stereocenters. The summed E-state index contributed by atoms with van der Waals surface area (Å²) in [6.45, 7) is 4.25. The van der Waals surface area contributed by atoms with E-state index in [9.17, 15) is 9.18 Å². The number of carbonyl (C=O) groups is 1. The molecule has 1 aliphatic heterocycles. The molecule has 1 aliphatic rings. The van der Waals surface area contributed by atoms with Gasteiger partial charge < -0.3 is 10.6 Å². The number of amides is 1. The fourth-order valence-corrected chi connectivity index (χ4v) is 1.34. The van der Waals surface area contributed by atoms with Crippen LogP contribution >= 0.6 is 0 Å². The van der Waals surface area contributed by atoms with E-state index in [1.165, 1.54) is 0 Å². The summed E-state index contributed by atoms with van der Waals surface area (Å²) in [6, 6.07) is -0.156. The Morgan fingerprint density at radius 1 is 1.77 bits per heavy atom. The molecule has 1 heterocycles. The molecule has 0 bridgehead atoms. The van der Waals surface area contributed by atoms with Gasteiger partial charge in [0.25, 0.3) is 0 Å². The van der Waals surface area contributed by atoms with E-state index in [4.69, 9.17) is 0 Å². The Morgan fingerprint density at radius 3 is 2.92 bits per heavy atom. The number of hydrogen-bond acceptors (Lipinski definition) is 2. The van der Waals surface area contributed by atoms with E-state index in [2.05, 4.69) is 10.6 Å². The maximum atomic E-state index is 12.7. The summed E-state index contributed by atoms with van der Waals surface area (Å²) in [7, 11) is 0. The first-order valence-electron chi connectivity index (χ1n) is 4.81. The Morgan fingerprint density at radius 2 is 2.46 bits per heavy atom. The summed E-state index contributed by atoms with van der Waals surface area (Å²) in [4.78, 5) is 11.4. The lowest BCUT2D eigenvalue weighted by molar-refractivity contribution is -0.123. The zero-order valence-electron chi connectivity index (χ0n) is 8.14. The predicted octanol–water partition coefficient (Wildman–Crippen LogP) is 0.601. The number of hydrogen-bond donors (Lipinski definition) is 2. The van der Waals surface area contributed by atoms with Crippen molar-refractivity contribution in [3.8, 4) is 0 Å². The summed E-state index contributed by atoms with van der Waals surface area (Å²) in [5.41, 5.74) is 0. The van der Waals surface area contributed by atoms with Crippen molar-refractivity contribution < 1.29 is 9.18 Å². The minimum atomic E-state index is -0.868. The highest BCUT2D eigenvalue weighted by Crippen LogP contribution is 2.10. The molecule has 0 aromatic heterocycles. The van der Waals surface area contributed by atoms with Crippen molar-refractivity contribution in [2.24, 2.45) is 0 Å². The standard InChI is InChI=1S/C9H17FN2O/c1-3-6(2)12-9(13)8-4-7(10)5-11-8/h6-8,11H,3-5H2,1-2H3,(H,12,13)/t6?,7-,8+/m1/s1. The van der Waals surface area contributed by atoms with Gasteiger partial charge in [-0.15, -0.1) is 0 Å². The average Bonchev–Trinajstić information content (AvgIpc) is 2.51. The normalized spacial score (nSPS) is 30.1. The summed E-state index contributed by atoms with van der Waals surface area (Å²) >= 11 is 0. The van der Waals surface area contributed by atoms with Gasteiger partial charge in [-0.2, -0.15) is 0 Å². The SMILES string of the molecule is CCC(C)NC(=O)[C@@H]1C[C@@H](F)CN1. The molecule has 76 valence electrons. The summed E-state index contributed by atoms with van der Waals surface area (Å²) in [5, 5.41) is 5.67. The second kappa shape index (κ2) is 4.56. The Labute approximate surface area is 78.1 Å². The Hall–Kier alpha value is -0.640. The van der Waals surface area contributed by atoms with Gasteiger partial charge in [-0.25, -0.2) is 4.39 Å². The Balaban J connectivity index is 2.31. The molecule has 1 saturated heterocycles. The quantitative estimate of drug-likeness (QED) is 0.681. The molecule has 0 saturated carbocycles. The lowest BCUT2D eigenvalue weighted by atomic mass is 10.2. The Kier molecular flexibility index (Phi) is 3.66. The van der Waals surface area contributed by atoms with Crippen LogP contribution in [0.4, 0.5) is 4.39 Å². The van der Waals surface area contributed by atoms with E-state index < -0.39 is 6.17 Å². The van der Waals surface area contributed by atoms with Crippen LogP contribution in [0.3, 0.4) is 0 Å². The monoisotopic (exact) mass is 188 g/mol. The van der Waals surface area contributed by atoms with Gasteiger partial charge in [-0.05, 0) is 13.3 Å². The van der Waals surface area contributed by atoms with Gasteiger partial charge in [0.1, 0.15) is 6.17 Å². The van der Waals surface area contributed by atoms with E-state index in [1.54, 1.807) is 0 Å². The molecule has 0 aliphatic carbocycles. The van der Waals surface area contributed by atoms with Crippen LogP contribution in [0.1, 0.15) is 26.7 Å². The third-order valence-corrected chi connectivity index (χ3v) is 2.39. The van der Waals surface area contributed by atoms with Gasteiger partial charge in [0.15, 0.2) is 0 Å². The molecule has 0 spiro atoms. The van der Waals surface area contributed by atoms with Gasteiger partial charge in [0, 0.05) is 19.0 Å². The van der Waals surface area contributed by atoms with E-state index in [0.717, 1.165) is 6.42 Å². The van der Waals surface area contributed by atoms with Gasteiger partial charge in [0.05, 0.1) is 6.04 Å². The van der Waals surface area contributed by atoms with Crippen molar-refractivity contribution >= 4 is 5.91 Å². The van der Waals surface area contributed by atoms with Crippen LogP contribution in [0.2, 0.25) is 0 Å². The number of nitrogens with one attached hydrogen (secondary N) is 2. The molecule has 0 radical (unpaired) electrons. The lowest BCUT2D eigenvalue weighted by Crippen LogP contribution is -2.43. The molecule has 4 heteroatoms. The summed E-state index contributed by atoms with van der Waals surface area (Å²) in [5.74, 6) is -0.0745. The summed E-state index contributed by atoms with van der Waals surface area (Å²) in [6.07, 6.45) is 0.340. The second-order valence-corrected chi connectivity index (χ2v) is 3.61. The third-order valence-electron chi connectivity index (χ3n) is 2.39. The number of alkyl halides is 1. The first kappa shape index (κ1) is 10.4. The molecule has 1 amide bonds. The van der Waals surface area contributed by atoms with Crippen LogP contribution in [0.5, 0.6) is 0 Å². The zero-order chi connectivity index (χ0) is 9.84. The maximum Gasteiger partial charge on any atom is 0.237 e. The fourth-order valence-electron chi connectivity index (χ4n) is 1.34. The van der Waals surface area contributed by atoms with Crippen molar-refractivity contribution in [1.29, 1.82) is 0 Å². The third kappa shape index (κ3) is 2.95. The van der Waals surface area contributed by atoms with E-state index in [-0.39, 0.29) is 18.0 Å². The molecule has 1 rings (SSSR count). The van der Waals surface area contributed by atoms with Gasteiger partial charge in [-0.1, -0.05) is 6.92 Å².